The zero-order valence-electron chi connectivity index (χ0n) is 12.3. The van der Waals surface area contributed by atoms with E-state index >= 15 is 0 Å². The molecule has 4 nitrogen and oxygen atoms in total. The third kappa shape index (κ3) is 4.78. The summed E-state index contributed by atoms with van der Waals surface area (Å²) in [6.45, 7) is 10.0. The van der Waals surface area contributed by atoms with E-state index in [1.807, 2.05) is 6.92 Å². The summed E-state index contributed by atoms with van der Waals surface area (Å²) in [7, 11) is 0. The van der Waals surface area contributed by atoms with Crippen LogP contribution in [-0.2, 0) is 0 Å². The van der Waals surface area contributed by atoms with Crippen LogP contribution in [0.25, 0.3) is 0 Å². The lowest BCUT2D eigenvalue weighted by Gasteiger charge is -2.31. The molecule has 1 aliphatic heterocycles. The van der Waals surface area contributed by atoms with Crippen LogP contribution in [0.5, 0.6) is 6.01 Å². The molecule has 1 saturated heterocycles. The summed E-state index contributed by atoms with van der Waals surface area (Å²) in [4.78, 5) is 10.9. The number of aryl methyl sites for hydroxylation is 1. The molecule has 106 valence electrons. The molecular weight excluding hydrogens is 238 g/mol. The molecule has 0 spiro atoms. The van der Waals surface area contributed by atoms with E-state index in [4.69, 9.17) is 4.74 Å². The fourth-order valence-corrected chi connectivity index (χ4v) is 2.28. The Kier molecular flexibility index (Phi) is 5.14. The van der Waals surface area contributed by atoms with E-state index in [1.165, 1.54) is 13.0 Å². The molecule has 0 amide bonds. The summed E-state index contributed by atoms with van der Waals surface area (Å²) in [5, 5.41) is 0. The SMILES string of the molecule is Cc1cnc(OC2CCN(CCC(C)C)CC2)nc1. The lowest BCUT2D eigenvalue weighted by molar-refractivity contribution is 0.0904. The Morgan fingerprint density at radius 1 is 1.26 bits per heavy atom. The molecule has 0 aliphatic carbocycles. The monoisotopic (exact) mass is 263 g/mol. The minimum atomic E-state index is 0.276. The standard InChI is InChI=1S/C15H25N3O/c1-12(2)4-7-18-8-5-14(6-9-18)19-15-16-10-13(3)11-17-15/h10-12,14H,4-9H2,1-3H3. The summed E-state index contributed by atoms with van der Waals surface area (Å²) in [6.07, 6.45) is 7.33. The largest absolute Gasteiger partial charge is 0.460 e. The zero-order chi connectivity index (χ0) is 13.7. The number of nitrogens with zero attached hydrogens (tertiary/aromatic N) is 3. The minimum Gasteiger partial charge on any atom is -0.460 e. The van der Waals surface area contributed by atoms with Crippen LogP contribution in [0.1, 0.15) is 38.7 Å². The number of piperidine rings is 1. The first-order valence-electron chi connectivity index (χ1n) is 7.31. The summed E-state index contributed by atoms with van der Waals surface area (Å²) in [6, 6.07) is 0.520. The van der Waals surface area contributed by atoms with E-state index in [2.05, 4.69) is 28.7 Å². The molecular formula is C15H25N3O. The highest BCUT2D eigenvalue weighted by Gasteiger charge is 2.21. The van der Waals surface area contributed by atoms with E-state index in [9.17, 15) is 0 Å². The average Bonchev–Trinajstić information content (AvgIpc) is 2.40. The van der Waals surface area contributed by atoms with Gasteiger partial charge in [0.15, 0.2) is 0 Å². The van der Waals surface area contributed by atoms with Crippen LogP contribution in [-0.4, -0.2) is 40.6 Å². The van der Waals surface area contributed by atoms with Crippen LogP contribution in [0.15, 0.2) is 12.4 Å². The Balaban J connectivity index is 1.72. The van der Waals surface area contributed by atoms with Crippen molar-refractivity contribution in [3.63, 3.8) is 0 Å². The maximum absolute atomic E-state index is 5.84. The van der Waals surface area contributed by atoms with Crippen molar-refractivity contribution < 1.29 is 4.74 Å². The van der Waals surface area contributed by atoms with Gasteiger partial charge in [-0.25, -0.2) is 9.97 Å². The first kappa shape index (κ1) is 14.3. The van der Waals surface area contributed by atoms with Crippen molar-refractivity contribution >= 4 is 0 Å². The predicted molar refractivity (Wildman–Crippen MR) is 76.3 cm³/mol. The quantitative estimate of drug-likeness (QED) is 0.818. The maximum Gasteiger partial charge on any atom is 0.316 e. The molecule has 0 atom stereocenters. The fourth-order valence-electron chi connectivity index (χ4n) is 2.28. The van der Waals surface area contributed by atoms with E-state index < -0.39 is 0 Å². The minimum absolute atomic E-state index is 0.276. The van der Waals surface area contributed by atoms with Gasteiger partial charge in [-0.1, -0.05) is 13.8 Å². The fraction of sp³-hybridized carbons (Fsp3) is 0.733. The van der Waals surface area contributed by atoms with Gasteiger partial charge in [-0.3, -0.25) is 0 Å². The van der Waals surface area contributed by atoms with Gasteiger partial charge < -0.3 is 9.64 Å². The molecule has 0 bridgehead atoms. The molecule has 0 N–H and O–H groups in total. The number of hydrogen-bond acceptors (Lipinski definition) is 4. The molecule has 2 rings (SSSR count). The lowest BCUT2D eigenvalue weighted by atomic mass is 10.1. The summed E-state index contributed by atoms with van der Waals surface area (Å²) < 4.78 is 5.84. The van der Waals surface area contributed by atoms with Gasteiger partial charge in [-0.05, 0) is 44.2 Å². The molecule has 1 aliphatic rings. The van der Waals surface area contributed by atoms with Crippen molar-refractivity contribution in [2.75, 3.05) is 19.6 Å². The Morgan fingerprint density at radius 3 is 2.47 bits per heavy atom. The van der Waals surface area contributed by atoms with Crippen molar-refractivity contribution in [3.05, 3.63) is 18.0 Å². The van der Waals surface area contributed by atoms with E-state index in [0.29, 0.717) is 6.01 Å². The first-order valence-corrected chi connectivity index (χ1v) is 7.31. The molecule has 0 aromatic carbocycles. The van der Waals surface area contributed by atoms with Crippen molar-refractivity contribution in [2.45, 2.75) is 46.1 Å². The Bertz CT molecular complexity index is 369. The van der Waals surface area contributed by atoms with Gasteiger partial charge >= 0.3 is 6.01 Å². The Hall–Kier alpha value is -1.16. The third-order valence-electron chi connectivity index (χ3n) is 3.59. The highest BCUT2D eigenvalue weighted by molar-refractivity contribution is 5.04. The second-order valence-electron chi connectivity index (χ2n) is 5.88. The second kappa shape index (κ2) is 6.85. The number of aromatic nitrogens is 2. The van der Waals surface area contributed by atoms with E-state index in [1.54, 1.807) is 12.4 Å². The van der Waals surface area contributed by atoms with E-state index in [-0.39, 0.29) is 6.10 Å². The van der Waals surface area contributed by atoms with Gasteiger partial charge in [-0.15, -0.1) is 0 Å². The van der Waals surface area contributed by atoms with Gasteiger partial charge in [0, 0.05) is 25.5 Å². The number of likely N-dealkylation sites (tertiary alicyclic amines) is 1. The Morgan fingerprint density at radius 2 is 1.89 bits per heavy atom. The number of hydrogen-bond donors (Lipinski definition) is 0. The first-order chi connectivity index (χ1) is 9.13. The van der Waals surface area contributed by atoms with Crippen LogP contribution < -0.4 is 4.74 Å². The van der Waals surface area contributed by atoms with Crippen molar-refractivity contribution in [1.82, 2.24) is 14.9 Å². The maximum atomic E-state index is 5.84. The van der Waals surface area contributed by atoms with Gasteiger partial charge in [0.25, 0.3) is 0 Å². The number of rotatable bonds is 5. The topological polar surface area (TPSA) is 38.2 Å². The molecule has 4 heteroatoms. The lowest BCUT2D eigenvalue weighted by Crippen LogP contribution is -2.39. The molecule has 2 heterocycles. The normalized spacial score (nSPS) is 17.9. The van der Waals surface area contributed by atoms with Crippen molar-refractivity contribution in [2.24, 2.45) is 5.92 Å². The summed E-state index contributed by atoms with van der Waals surface area (Å²) in [5.74, 6) is 0.787. The van der Waals surface area contributed by atoms with Gasteiger partial charge in [-0.2, -0.15) is 0 Å². The van der Waals surface area contributed by atoms with Crippen LogP contribution in [0.4, 0.5) is 0 Å². The van der Waals surface area contributed by atoms with Crippen molar-refractivity contribution in [1.29, 1.82) is 0 Å². The molecule has 1 fully saturated rings. The highest BCUT2D eigenvalue weighted by atomic mass is 16.5. The van der Waals surface area contributed by atoms with Gasteiger partial charge in [0.1, 0.15) is 6.10 Å². The molecule has 1 aromatic rings. The van der Waals surface area contributed by atoms with E-state index in [0.717, 1.165) is 37.4 Å². The zero-order valence-corrected chi connectivity index (χ0v) is 12.3. The predicted octanol–water partition coefficient (Wildman–Crippen LogP) is 2.67. The molecule has 1 aromatic heterocycles. The average molecular weight is 263 g/mol. The van der Waals surface area contributed by atoms with Crippen LogP contribution in [0.3, 0.4) is 0 Å². The summed E-state index contributed by atoms with van der Waals surface area (Å²) >= 11 is 0. The van der Waals surface area contributed by atoms with Crippen LogP contribution in [0, 0.1) is 12.8 Å². The molecule has 0 radical (unpaired) electrons. The van der Waals surface area contributed by atoms with Gasteiger partial charge in [0.05, 0.1) is 0 Å². The van der Waals surface area contributed by atoms with Crippen LogP contribution >= 0.6 is 0 Å². The Labute approximate surface area is 116 Å². The molecule has 19 heavy (non-hydrogen) atoms. The van der Waals surface area contributed by atoms with Crippen molar-refractivity contribution in [3.8, 4) is 6.01 Å². The summed E-state index contributed by atoms with van der Waals surface area (Å²) in [5.41, 5.74) is 1.07. The van der Waals surface area contributed by atoms with Crippen LogP contribution in [0.2, 0.25) is 0 Å². The third-order valence-corrected chi connectivity index (χ3v) is 3.59. The highest BCUT2D eigenvalue weighted by Crippen LogP contribution is 2.16. The molecule has 0 saturated carbocycles. The smallest absolute Gasteiger partial charge is 0.316 e. The second-order valence-corrected chi connectivity index (χ2v) is 5.88. The van der Waals surface area contributed by atoms with Gasteiger partial charge in [0.2, 0.25) is 0 Å². The number of ether oxygens (including phenoxy) is 1. The molecule has 0 unspecified atom stereocenters.